The zero-order valence-corrected chi connectivity index (χ0v) is 15.3. The summed E-state index contributed by atoms with van der Waals surface area (Å²) < 4.78 is 5.39. The Morgan fingerprint density at radius 2 is 2.07 bits per heavy atom. The number of nitrogens with one attached hydrogen (secondary N) is 1. The third kappa shape index (κ3) is 2.73. The van der Waals surface area contributed by atoms with Gasteiger partial charge in [-0.2, -0.15) is 5.10 Å². The van der Waals surface area contributed by atoms with Gasteiger partial charge in [-0.15, -0.1) is 11.3 Å². The summed E-state index contributed by atoms with van der Waals surface area (Å²) >= 11 is 1.67. The van der Waals surface area contributed by atoms with Gasteiger partial charge in [0.25, 0.3) is 0 Å². The van der Waals surface area contributed by atoms with E-state index in [-0.39, 0.29) is 12.3 Å². The minimum atomic E-state index is -0.514. The quantitative estimate of drug-likeness (QED) is 0.529. The summed E-state index contributed by atoms with van der Waals surface area (Å²) in [4.78, 5) is 23.6. The number of aromatic nitrogens is 4. The lowest BCUT2D eigenvalue weighted by Gasteiger charge is -2.10. The van der Waals surface area contributed by atoms with E-state index in [1.54, 1.807) is 11.3 Å². The molecule has 0 atom stereocenters. The summed E-state index contributed by atoms with van der Waals surface area (Å²) in [5, 5.41) is 8.59. The van der Waals surface area contributed by atoms with Crippen molar-refractivity contribution in [3.63, 3.8) is 0 Å². The largest absolute Gasteiger partial charge is 0.453 e. The lowest BCUT2D eigenvalue weighted by Crippen LogP contribution is -2.09. The number of ether oxygens (including phenoxy) is 1. The monoisotopic (exact) mass is 379 g/mol. The third-order valence-electron chi connectivity index (χ3n) is 4.89. The third-order valence-corrected chi connectivity index (χ3v) is 6.07. The Hall–Kier alpha value is -3.00. The maximum Gasteiger partial charge on any atom is 0.359 e. The number of fused-ring (bicyclic) bond motifs is 4. The second kappa shape index (κ2) is 6.31. The van der Waals surface area contributed by atoms with Crippen LogP contribution in [0.5, 0.6) is 0 Å². The maximum absolute atomic E-state index is 12.4. The van der Waals surface area contributed by atoms with E-state index in [9.17, 15) is 4.79 Å². The molecule has 7 nitrogen and oxygen atoms in total. The molecule has 0 aliphatic heterocycles. The molecule has 4 aromatic rings. The lowest BCUT2D eigenvalue weighted by molar-refractivity contribution is 0.0458. The van der Waals surface area contributed by atoms with Crippen LogP contribution in [0.4, 0.5) is 5.82 Å². The molecule has 1 aliphatic rings. The molecule has 8 heteroatoms. The molecule has 1 aromatic carbocycles. The molecule has 0 fully saturated rings. The van der Waals surface area contributed by atoms with E-state index in [1.165, 1.54) is 23.3 Å². The lowest BCUT2D eigenvalue weighted by atomic mass is 9.97. The van der Waals surface area contributed by atoms with Crippen LogP contribution in [0.15, 0.2) is 24.3 Å². The molecule has 0 unspecified atom stereocenters. The molecule has 0 saturated carbocycles. The van der Waals surface area contributed by atoms with E-state index in [1.807, 2.05) is 24.3 Å². The molecule has 3 heterocycles. The van der Waals surface area contributed by atoms with Crippen molar-refractivity contribution in [3.05, 3.63) is 46.2 Å². The van der Waals surface area contributed by atoms with Gasteiger partial charge in [0.1, 0.15) is 10.6 Å². The van der Waals surface area contributed by atoms with E-state index in [4.69, 9.17) is 10.5 Å². The molecule has 0 bridgehead atoms. The van der Waals surface area contributed by atoms with Gasteiger partial charge < -0.3 is 10.5 Å². The Labute approximate surface area is 158 Å². The van der Waals surface area contributed by atoms with Gasteiger partial charge in [-0.1, -0.05) is 18.2 Å². The van der Waals surface area contributed by atoms with Gasteiger partial charge in [0.2, 0.25) is 0 Å². The zero-order valence-electron chi connectivity index (χ0n) is 14.5. The molecule has 0 amide bonds. The van der Waals surface area contributed by atoms with Crippen LogP contribution in [0.2, 0.25) is 0 Å². The molecule has 136 valence electrons. The van der Waals surface area contributed by atoms with E-state index in [0.29, 0.717) is 11.6 Å². The number of carbonyl (C=O) groups is 1. The van der Waals surface area contributed by atoms with E-state index in [0.717, 1.165) is 34.0 Å². The second-order valence-electron chi connectivity index (χ2n) is 6.61. The van der Waals surface area contributed by atoms with Gasteiger partial charge in [0.05, 0.1) is 10.9 Å². The van der Waals surface area contributed by atoms with Crippen molar-refractivity contribution in [2.75, 3.05) is 5.73 Å². The number of para-hydroxylation sites is 1. The number of anilines is 1. The van der Waals surface area contributed by atoms with Crippen LogP contribution in [-0.4, -0.2) is 26.1 Å². The SMILES string of the molecule is Nc1nc(COC(=O)c2n[nH]c3ccccc23)nc2sc3c(c12)CCCC3. The number of nitrogens with two attached hydrogens (primary N) is 1. The van der Waals surface area contributed by atoms with E-state index in [2.05, 4.69) is 20.2 Å². The summed E-state index contributed by atoms with van der Waals surface area (Å²) in [6.45, 7) is -0.0390. The summed E-state index contributed by atoms with van der Waals surface area (Å²) in [6.07, 6.45) is 4.49. The molecule has 27 heavy (non-hydrogen) atoms. The molecule has 0 radical (unpaired) electrons. The van der Waals surface area contributed by atoms with Gasteiger partial charge in [-0.3, -0.25) is 5.10 Å². The van der Waals surface area contributed by atoms with Crippen LogP contribution < -0.4 is 5.73 Å². The first-order valence-electron chi connectivity index (χ1n) is 8.87. The first kappa shape index (κ1) is 16.2. The van der Waals surface area contributed by atoms with Gasteiger partial charge in [0, 0.05) is 10.3 Å². The van der Waals surface area contributed by atoms with Crippen molar-refractivity contribution in [1.82, 2.24) is 20.2 Å². The number of nitrogen functional groups attached to an aromatic ring is 1. The minimum absolute atomic E-state index is 0.0390. The van der Waals surface area contributed by atoms with Crippen LogP contribution in [0.1, 0.15) is 39.6 Å². The smallest absolute Gasteiger partial charge is 0.359 e. The number of hydrogen-bond acceptors (Lipinski definition) is 7. The minimum Gasteiger partial charge on any atom is -0.453 e. The number of benzene rings is 1. The number of aryl methyl sites for hydroxylation is 2. The average molecular weight is 379 g/mol. The zero-order chi connectivity index (χ0) is 18.4. The summed E-state index contributed by atoms with van der Waals surface area (Å²) in [6, 6.07) is 7.41. The summed E-state index contributed by atoms with van der Waals surface area (Å²) in [5.41, 5.74) is 8.54. The Morgan fingerprint density at radius 3 is 3.00 bits per heavy atom. The number of esters is 1. The molecule has 0 saturated heterocycles. The van der Waals surface area contributed by atoms with Crippen LogP contribution in [0, 0.1) is 0 Å². The fourth-order valence-corrected chi connectivity index (χ4v) is 4.90. The topological polar surface area (TPSA) is 107 Å². The number of carbonyl (C=O) groups excluding carboxylic acids is 1. The highest BCUT2D eigenvalue weighted by molar-refractivity contribution is 7.19. The van der Waals surface area contributed by atoms with E-state index < -0.39 is 5.97 Å². The summed E-state index contributed by atoms with van der Waals surface area (Å²) in [7, 11) is 0. The fourth-order valence-electron chi connectivity index (χ4n) is 3.61. The van der Waals surface area contributed by atoms with Crippen LogP contribution in [0.25, 0.3) is 21.1 Å². The van der Waals surface area contributed by atoms with Gasteiger partial charge in [-0.05, 0) is 37.3 Å². The van der Waals surface area contributed by atoms with Crippen LogP contribution in [0.3, 0.4) is 0 Å². The Balaban J connectivity index is 1.41. The Kier molecular flexibility index (Phi) is 3.78. The van der Waals surface area contributed by atoms with Crippen molar-refractivity contribution in [2.24, 2.45) is 0 Å². The molecule has 3 aromatic heterocycles. The highest BCUT2D eigenvalue weighted by Gasteiger charge is 2.21. The second-order valence-corrected chi connectivity index (χ2v) is 7.69. The molecule has 5 rings (SSSR count). The van der Waals surface area contributed by atoms with Crippen molar-refractivity contribution in [3.8, 4) is 0 Å². The number of nitrogens with zero attached hydrogens (tertiary/aromatic N) is 3. The van der Waals surface area contributed by atoms with Gasteiger partial charge >= 0.3 is 5.97 Å². The maximum atomic E-state index is 12.4. The standard InChI is InChI=1S/C19H17N5O2S/c20-17-15-11-6-2-4-8-13(11)27-18(15)22-14(21-17)9-26-19(25)16-10-5-1-3-7-12(10)23-24-16/h1,3,5,7H,2,4,6,8-9H2,(H,23,24)(H2,20,21,22). The first-order chi connectivity index (χ1) is 13.2. The number of rotatable bonds is 3. The summed E-state index contributed by atoms with van der Waals surface area (Å²) in [5.74, 6) is 0.364. The number of hydrogen-bond donors (Lipinski definition) is 2. The van der Waals surface area contributed by atoms with Crippen molar-refractivity contribution in [2.45, 2.75) is 32.3 Å². The van der Waals surface area contributed by atoms with Crippen molar-refractivity contribution in [1.29, 1.82) is 0 Å². The molecule has 0 spiro atoms. The van der Waals surface area contributed by atoms with Crippen molar-refractivity contribution < 1.29 is 9.53 Å². The number of H-pyrrole nitrogens is 1. The Bertz CT molecular complexity index is 1180. The average Bonchev–Trinajstić information content (AvgIpc) is 3.27. The fraction of sp³-hybridized carbons (Fsp3) is 0.263. The van der Waals surface area contributed by atoms with Gasteiger partial charge in [-0.25, -0.2) is 14.8 Å². The van der Waals surface area contributed by atoms with Crippen LogP contribution >= 0.6 is 11.3 Å². The van der Waals surface area contributed by atoms with Gasteiger partial charge in [0.15, 0.2) is 18.1 Å². The van der Waals surface area contributed by atoms with Crippen LogP contribution in [-0.2, 0) is 24.2 Å². The predicted molar refractivity (Wildman–Crippen MR) is 104 cm³/mol. The number of aromatic amines is 1. The molecular formula is C19H17N5O2S. The van der Waals surface area contributed by atoms with Crippen molar-refractivity contribution >= 4 is 44.2 Å². The predicted octanol–water partition coefficient (Wildman–Crippen LogP) is 3.39. The molecule has 3 N–H and O–H groups in total. The Morgan fingerprint density at radius 1 is 1.22 bits per heavy atom. The highest BCUT2D eigenvalue weighted by atomic mass is 32.1. The first-order valence-corrected chi connectivity index (χ1v) is 9.69. The molecular weight excluding hydrogens is 362 g/mol. The highest BCUT2D eigenvalue weighted by Crippen LogP contribution is 2.37. The van der Waals surface area contributed by atoms with E-state index >= 15 is 0 Å². The number of thiophene rings is 1. The normalized spacial score (nSPS) is 13.8. The molecule has 1 aliphatic carbocycles.